The molecule has 0 radical (unpaired) electrons. The van der Waals surface area contributed by atoms with Gasteiger partial charge in [-0.25, -0.2) is 9.97 Å². The van der Waals surface area contributed by atoms with Gasteiger partial charge in [-0.05, 0) is 61.9 Å². The number of pyridine rings is 2. The van der Waals surface area contributed by atoms with Crippen molar-refractivity contribution in [3.05, 3.63) is 88.8 Å². The van der Waals surface area contributed by atoms with Gasteiger partial charge >= 0.3 is 6.18 Å². The fourth-order valence-electron chi connectivity index (χ4n) is 4.19. The molecule has 1 fully saturated rings. The maximum atomic E-state index is 12.7. The van der Waals surface area contributed by atoms with Crippen molar-refractivity contribution in [1.29, 1.82) is 0 Å². The summed E-state index contributed by atoms with van der Waals surface area (Å²) in [4.78, 5) is 24.8. The molecule has 0 spiro atoms. The number of hydrogen-bond acceptors (Lipinski definition) is 6. The number of carbonyl (C=O) groups excluding carboxylic acids is 1. The Morgan fingerprint density at radius 2 is 1.97 bits per heavy atom. The standard InChI is InChI=1S/C27H23F3N4O2S/c28-27(29,30)19-8-11-24(32-15-19)36-21-3-1-2-18(14-21)5-4-17-6-9-20(10-7-17)33-25(35)26-34-22-16-31-13-12-23(22)37-26/h1-4,8,11-16,20H,5-7,9-10H2,(H,33,35). The summed E-state index contributed by atoms with van der Waals surface area (Å²) in [7, 11) is 0. The largest absolute Gasteiger partial charge is 0.439 e. The zero-order valence-corrected chi connectivity index (χ0v) is 20.5. The highest BCUT2D eigenvalue weighted by molar-refractivity contribution is 7.20. The molecule has 10 heteroatoms. The fraction of sp³-hybridized carbons (Fsp3) is 0.259. The lowest BCUT2D eigenvalue weighted by Gasteiger charge is -2.24. The number of nitrogens with one attached hydrogen (secondary N) is 1. The van der Waals surface area contributed by atoms with E-state index in [-0.39, 0.29) is 17.8 Å². The van der Waals surface area contributed by atoms with E-state index in [4.69, 9.17) is 4.74 Å². The van der Waals surface area contributed by atoms with E-state index < -0.39 is 11.7 Å². The smallest absolute Gasteiger partial charge is 0.417 e. The van der Waals surface area contributed by atoms with Crippen LogP contribution in [0.15, 0.2) is 72.7 Å². The molecule has 37 heavy (non-hydrogen) atoms. The predicted octanol–water partition coefficient (Wildman–Crippen LogP) is 6.74. The zero-order valence-electron chi connectivity index (χ0n) is 19.7. The van der Waals surface area contributed by atoms with Crippen molar-refractivity contribution in [2.24, 2.45) is 0 Å². The molecule has 0 atom stereocenters. The lowest BCUT2D eigenvalue weighted by Crippen LogP contribution is -2.36. The van der Waals surface area contributed by atoms with Crippen molar-refractivity contribution in [3.63, 3.8) is 0 Å². The zero-order chi connectivity index (χ0) is 25.8. The highest BCUT2D eigenvalue weighted by Crippen LogP contribution is 2.30. The number of benzene rings is 1. The molecule has 4 aromatic rings. The first-order chi connectivity index (χ1) is 17.8. The number of nitrogens with zero attached hydrogens (tertiary/aromatic N) is 3. The second-order valence-electron chi connectivity index (χ2n) is 8.81. The minimum absolute atomic E-state index is 0.103. The molecule has 1 amide bonds. The van der Waals surface area contributed by atoms with E-state index >= 15 is 0 Å². The van der Waals surface area contributed by atoms with Crippen LogP contribution in [0.2, 0.25) is 0 Å². The first-order valence-electron chi connectivity index (χ1n) is 11.8. The summed E-state index contributed by atoms with van der Waals surface area (Å²) in [6.07, 6.45) is 6.14. The van der Waals surface area contributed by atoms with Crippen molar-refractivity contribution in [3.8, 4) is 11.6 Å². The van der Waals surface area contributed by atoms with E-state index in [0.717, 1.165) is 53.7 Å². The molecule has 1 aliphatic rings. The van der Waals surface area contributed by atoms with E-state index in [1.807, 2.05) is 24.3 Å². The average molecular weight is 525 g/mol. The first kappa shape index (κ1) is 24.9. The number of allylic oxidation sites excluding steroid dienone is 2. The topological polar surface area (TPSA) is 77.0 Å². The van der Waals surface area contributed by atoms with Crippen LogP contribution in [0, 0.1) is 0 Å². The molecule has 0 aliphatic heterocycles. The molecule has 0 bridgehead atoms. The van der Waals surface area contributed by atoms with Crippen LogP contribution in [-0.2, 0) is 12.6 Å². The number of ether oxygens (including phenoxy) is 1. The lowest BCUT2D eigenvalue weighted by molar-refractivity contribution is -0.137. The summed E-state index contributed by atoms with van der Waals surface area (Å²) < 4.78 is 44.7. The van der Waals surface area contributed by atoms with Gasteiger partial charge in [0.2, 0.25) is 5.88 Å². The number of fused-ring (bicyclic) bond motifs is 1. The number of alkyl halides is 3. The second-order valence-corrected chi connectivity index (χ2v) is 9.84. The first-order valence-corrected chi connectivity index (χ1v) is 12.6. The van der Waals surface area contributed by atoms with Crippen molar-refractivity contribution >= 4 is 27.5 Å². The van der Waals surface area contributed by atoms with Crippen molar-refractivity contribution in [2.75, 3.05) is 0 Å². The number of aromatic nitrogens is 3. The van der Waals surface area contributed by atoms with Gasteiger partial charge in [0.25, 0.3) is 5.91 Å². The molecule has 6 nitrogen and oxygen atoms in total. The quantitative estimate of drug-likeness (QED) is 0.283. The van der Waals surface area contributed by atoms with Gasteiger partial charge in [-0.2, -0.15) is 13.2 Å². The highest BCUT2D eigenvalue weighted by Gasteiger charge is 2.30. The molecule has 5 rings (SSSR count). The number of carbonyl (C=O) groups is 1. The molecular formula is C27H23F3N4O2S. The van der Waals surface area contributed by atoms with Gasteiger partial charge in [0, 0.05) is 24.5 Å². The number of amides is 1. The van der Waals surface area contributed by atoms with Crippen LogP contribution in [-0.4, -0.2) is 26.9 Å². The number of hydrogen-bond donors (Lipinski definition) is 1. The van der Waals surface area contributed by atoms with E-state index in [1.54, 1.807) is 18.5 Å². The SMILES string of the molecule is O=C(NC1CCC(=CCc2cccc(Oc3ccc(C(F)(F)F)cn3)c2)CC1)c1nc2cnccc2s1. The Morgan fingerprint density at radius 3 is 2.70 bits per heavy atom. The van der Waals surface area contributed by atoms with Gasteiger partial charge < -0.3 is 10.1 Å². The molecule has 3 aromatic heterocycles. The highest BCUT2D eigenvalue weighted by atomic mass is 32.1. The Morgan fingerprint density at radius 1 is 1.14 bits per heavy atom. The van der Waals surface area contributed by atoms with E-state index in [9.17, 15) is 18.0 Å². The van der Waals surface area contributed by atoms with Gasteiger partial charge in [0.15, 0.2) is 5.01 Å². The molecule has 1 aliphatic carbocycles. The van der Waals surface area contributed by atoms with Crippen molar-refractivity contribution in [2.45, 2.75) is 44.3 Å². The van der Waals surface area contributed by atoms with E-state index in [1.165, 1.54) is 23.0 Å². The lowest BCUT2D eigenvalue weighted by atomic mass is 9.89. The fourth-order valence-corrected chi connectivity index (χ4v) is 5.02. The number of rotatable bonds is 6. The van der Waals surface area contributed by atoms with Crippen molar-refractivity contribution in [1.82, 2.24) is 20.3 Å². The van der Waals surface area contributed by atoms with Crippen LogP contribution in [0.4, 0.5) is 13.2 Å². The van der Waals surface area contributed by atoms with Gasteiger partial charge in [0.05, 0.1) is 16.5 Å². The third-order valence-corrected chi connectivity index (χ3v) is 7.19. The Hall–Kier alpha value is -3.79. The van der Waals surface area contributed by atoms with Crippen molar-refractivity contribution < 1.29 is 22.7 Å². The molecule has 3 heterocycles. The average Bonchev–Trinajstić information content (AvgIpc) is 3.33. The maximum absolute atomic E-state index is 12.7. The Bertz CT molecular complexity index is 1390. The minimum atomic E-state index is -4.43. The van der Waals surface area contributed by atoms with Crippen LogP contribution in [0.1, 0.15) is 46.6 Å². The summed E-state index contributed by atoms with van der Waals surface area (Å²) in [6.45, 7) is 0. The van der Waals surface area contributed by atoms with Gasteiger partial charge in [-0.15, -0.1) is 11.3 Å². The predicted molar refractivity (Wildman–Crippen MR) is 135 cm³/mol. The summed E-state index contributed by atoms with van der Waals surface area (Å²) in [5.74, 6) is 0.476. The van der Waals surface area contributed by atoms with Crippen LogP contribution in [0.3, 0.4) is 0 Å². The number of thiazole rings is 1. The molecule has 0 unspecified atom stereocenters. The summed E-state index contributed by atoms with van der Waals surface area (Å²) in [6, 6.07) is 11.6. The Balaban J connectivity index is 1.12. The van der Waals surface area contributed by atoms with Crippen LogP contribution in [0.5, 0.6) is 11.6 Å². The van der Waals surface area contributed by atoms with Crippen LogP contribution >= 0.6 is 11.3 Å². The van der Waals surface area contributed by atoms with E-state index in [0.29, 0.717) is 17.2 Å². The monoisotopic (exact) mass is 524 g/mol. The molecule has 1 saturated carbocycles. The van der Waals surface area contributed by atoms with Gasteiger partial charge in [-0.1, -0.05) is 23.8 Å². The van der Waals surface area contributed by atoms with E-state index in [2.05, 4.69) is 26.3 Å². The summed E-state index contributed by atoms with van der Waals surface area (Å²) >= 11 is 1.37. The second kappa shape index (κ2) is 10.7. The molecule has 0 saturated heterocycles. The number of halogens is 3. The van der Waals surface area contributed by atoms with Crippen LogP contribution in [0.25, 0.3) is 10.2 Å². The molecular weight excluding hydrogens is 501 g/mol. The maximum Gasteiger partial charge on any atom is 0.417 e. The normalized spacial score (nSPS) is 16.0. The molecule has 1 N–H and O–H groups in total. The third kappa shape index (κ3) is 6.32. The van der Waals surface area contributed by atoms with Crippen LogP contribution < -0.4 is 10.1 Å². The Kier molecular flexibility index (Phi) is 7.18. The minimum Gasteiger partial charge on any atom is -0.439 e. The molecule has 1 aromatic carbocycles. The summed E-state index contributed by atoms with van der Waals surface area (Å²) in [5.41, 5.74) is 2.28. The molecule has 190 valence electrons. The summed E-state index contributed by atoms with van der Waals surface area (Å²) in [5, 5.41) is 3.57. The third-order valence-electron chi connectivity index (χ3n) is 6.16. The van der Waals surface area contributed by atoms with Gasteiger partial charge in [-0.3, -0.25) is 9.78 Å². The Labute approximate surface area is 215 Å². The van der Waals surface area contributed by atoms with Gasteiger partial charge in [0.1, 0.15) is 11.3 Å².